The molecule has 6 heteroatoms. The number of phenolic OH excluding ortho intramolecular Hbond substituents is 1. The molecule has 1 aromatic rings. The zero-order valence-corrected chi connectivity index (χ0v) is 29.5. The van der Waals surface area contributed by atoms with E-state index >= 15 is 0 Å². The van der Waals surface area contributed by atoms with Gasteiger partial charge in [-0.2, -0.15) is 0 Å². The van der Waals surface area contributed by atoms with Crippen molar-refractivity contribution < 1.29 is 14.7 Å². The molecule has 6 nitrogen and oxygen atoms in total. The second kappa shape index (κ2) is 30.4. The van der Waals surface area contributed by atoms with Gasteiger partial charge in [-0.25, -0.2) is 4.79 Å². The number of nitrogens with one attached hydrogen (secondary N) is 2. The van der Waals surface area contributed by atoms with Gasteiger partial charge in [-0.05, 0) is 37.0 Å². The number of hydrogen-bond acceptors (Lipinski definition) is 3. The number of aromatic hydroxyl groups is 1. The SMILES string of the molecule is CCCCCCCCCCCCCCCCCCNC(=O)NCCCCCCCCCCCC(=O)N(C)Cc1ccc(O)cc1. The minimum Gasteiger partial charge on any atom is -0.508 e. The lowest BCUT2D eigenvalue weighted by atomic mass is 10.0. The van der Waals surface area contributed by atoms with Crippen molar-refractivity contribution in [3.63, 3.8) is 0 Å². The summed E-state index contributed by atoms with van der Waals surface area (Å²) in [5.41, 5.74) is 1.03. The van der Waals surface area contributed by atoms with E-state index in [1.807, 2.05) is 19.2 Å². The lowest BCUT2D eigenvalue weighted by Gasteiger charge is -2.17. The smallest absolute Gasteiger partial charge is 0.314 e. The molecular formula is C39H71N3O3. The van der Waals surface area contributed by atoms with Crippen LogP contribution in [-0.2, 0) is 11.3 Å². The van der Waals surface area contributed by atoms with Crippen LogP contribution in [0.2, 0.25) is 0 Å². The number of phenols is 1. The van der Waals surface area contributed by atoms with Crippen LogP contribution in [0.25, 0.3) is 0 Å². The molecule has 0 unspecified atom stereocenters. The number of carbonyl (C=O) groups excluding carboxylic acids is 2. The van der Waals surface area contributed by atoms with E-state index in [1.165, 1.54) is 135 Å². The number of hydrogen-bond donors (Lipinski definition) is 3. The summed E-state index contributed by atoms with van der Waals surface area (Å²) in [5, 5.41) is 15.4. The molecule has 0 spiro atoms. The number of carbonyl (C=O) groups is 2. The van der Waals surface area contributed by atoms with Gasteiger partial charge in [-0.15, -0.1) is 0 Å². The Hall–Kier alpha value is -2.24. The summed E-state index contributed by atoms with van der Waals surface area (Å²) in [6.45, 7) is 4.42. The number of amides is 3. The third kappa shape index (κ3) is 26.7. The lowest BCUT2D eigenvalue weighted by molar-refractivity contribution is -0.130. The van der Waals surface area contributed by atoms with Crippen LogP contribution in [0.1, 0.15) is 179 Å². The van der Waals surface area contributed by atoms with Gasteiger partial charge in [0.15, 0.2) is 0 Å². The Labute approximate surface area is 277 Å². The molecule has 1 rings (SSSR count). The van der Waals surface area contributed by atoms with Gasteiger partial charge in [-0.1, -0.05) is 160 Å². The minimum atomic E-state index is -0.0130. The van der Waals surface area contributed by atoms with E-state index in [0.717, 1.165) is 44.3 Å². The Morgan fingerprint density at radius 3 is 1.31 bits per heavy atom. The van der Waals surface area contributed by atoms with Crippen molar-refractivity contribution in [1.29, 1.82) is 0 Å². The summed E-state index contributed by atoms with van der Waals surface area (Å²) in [6.07, 6.45) is 32.9. The Bertz CT molecular complexity index is 814. The largest absolute Gasteiger partial charge is 0.508 e. The first-order valence-corrected chi connectivity index (χ1v) is 19.1. The first-order chi connectivity index (χ1) is 22.0. The zero-order chi connectivity index (χ0) is 32.6. The van der Waals surface area contributed by atoms with Crippen molar-refractivity contribution in [2.75, 3.05) is 20.1 Å². The third-order valence-corrected chi connectivity index (χ3v) is 8.95. The number of rotatable bonds is 31. The number of urea groups is 1. The fourth-order valence-electron chi connectivity index (χ4n) is 5.93. The van der Waals surface area contributed by atoms with Crippen LogP contribution >= 0.6 is 0 Å². The Balaban J connectivity index is 1.76. The highest BCUT2D eigenvalue weighted by Crippen LogP contribution is 2.15. The Morgan fingerprint density at radius 2 is 0.911 bits per heavy atom. The molecule has 3 N–H and O–H groups in total. The van der Waals surface area contributed by atoms with E-state index in [4.69, 9.17) is 0 Å². The molecule has 0 atom stereocenters. The summed E-state index contributed by atoms with van der Waals surface area (Å²) in [5.74, 6) is 0.436. The summed E-state index contributed by atoms with van der Waals surface area (Å²) in [7, 11) is 1.85. The van der Waals surface area contributed by atoms with Gasteiger partial charge in [0.05, 0.1) is 0 Å². The van der Waals surface area contributed by atoms with Crippen LogP contribution in [0.15, 0.2) is 24.3 Å². The normalized spacial score (nSPS) is 11.1. The summed E-state index contributed by atoms with van der Waals surface area (Å²) >= 11 is 0. The van der Waals surface area contributed by atoms with E-state index in [2.05, 4.69) is 17.6 Å². The minimum absolute atomic E-state index is 0.0130. The van der Waals surface area contributed by atoms with E-state index in [0.29, 0.717) is 13.0 Å². The quantitative estimate of drug-likeness (QED) is 0.0715. The number of unbranched alkanes of at least 4 members (excludes halogenated alkanes) is 23. The maximum absolute atomic E-state index is 12.3. The highest BCUT2D eigenvalue weighted by molar-refractivity contribution is 5.75. The van der Waals surface area contributed by atoms with E-state index in [1.54, 1.807) is 17.0 Å². The Kier molecular flexibility index (Phi) is 27.6. The van der Waals surface area contributed by atoms with Crippen molar-refractivity contribution in [1.82, 2.24) is 15.5 Å². The van der Waals surface area contributed by atoms with Gasteiger partial charge in [0.1, 0.15) is 5.75 Å². The van der Waals surface area contributed by atoms with Gasteiger partial charge < -0.3 is 20.6 Å². The van der Waals surface area contributed by atoms with Gasteiger partial charge in [-0.3, -0.25) is 4.79 Å². The molecule has 260 valence electrons. The lowest BCUT2D eigenvalue weighted by Crippen LogP contribution is -2.36. The molecule has 0 radical (unpaired) electrons. The molecule has 0 aliphatic rings. The van der Waals surface area contributed by atoms with Gasteiger partial charge in [0.25, 0.3) is 0 Å². The van der Waals surface area contributed by atoms with Crippen molar-refractivity contribution in [2.45, 2.75) is 180 Å². The molecule has 0 bridgehead atoms. The first kappa shape index (κ1) is 40.8. The molecule has 45 heavy (non-hydrogen) atoms. The van der Waals surface area contributed by atoms with Crippen LogP contribution in [0.3, 0.4) is 0 Å². The molecule has 3 amide bonds. The topological polar surface area (TPSA) is 81.7 Å². The molecule has 1 aromatic carbocycles. The fraction of sp³-hybridized carbons (Fsp3) is 0.795. The maximum Gasteiger partial charge on any atom is 0.314 e. The van der Waals surface area contributed by atoms with Crippen LogP contribution in [0.4, 0.5) is 4.79 Å². The average Bonchev–Trinajstić information content (AvgIpc) is 3.04. The van der Waals surface area contributed by atoms with E-state index in [-0.39, 0.29) is 17.7 Å². The maximum atomic E-state index is 12.3. The van der Waals surface area contributed by atoms with Gasteiger partial charge in [0, 0.05) is 33.1 Å². The van der Waals surface area contributed by atoms with Crippen LogP contribution < -0.4 is 10.6 Å². The number of benzene rings is 1. The number of nitrogens with zero attached hydrogens (tertiary/aromatic N) is 1. The van der Waals surface area contributed by atoms with E-state index < -0.39 is 0 Å². The second-order valence-corrected chi connectivity index (χ2v) is 13.3. The molecule has 0 aliphatic heterocycles. The molecular weight excluding hydrogens is 558 g/mol. The molecule has 0 heterocycles. The highest BCUT2D eigenvalue weighted by atomic mass is 16.3. The van der Waals surface area contributed by atoms with Gasteiger partial charge in [0.2, 0.25) is 5.91 Å². The van der Waals surface area contributed by atoms with Crippen LogP contribution in [0, 0.1) is 0 Å². The summed E-state index contributed by atoms with van der Waals surface area (Å²) in [4.78, 5) is 26.1. The third-order valence-electron chi connectivity index (χ3n) is 8.95. The van der Waals surface area contributed by atoms with Crippen molar-refractivity contribution in [3.8, 4) is 5.75 Å². The Morgan fingerprint density at radius 1 is 0.556 bits per heavy atom. The highest BCUT2D eigenvalue weighted by Gasteiger charge is 2.09. The second-order valence-electron chi connectivity index (χ2n) is 13.3. The average molecular weight is 630 g/mol. The molecule has 0 saturated carbocycles. The summed E-state index contributed by atoms with van der Waals surface area (Å²) in [6, 6.07) is 7.02. The summed E-state index contributed by atoms with van der Waals surface area (Å²) < 4.78 is 0. The molecule has 0 saturated heterocycles. The van der Waals surface area contributed by atoms with Crippen LogP contribution in [0.5, 0.6) is 5.75 Å². The monoisotopic (exact) mass is 630 g/mol. The fourth-order valence-corrected chi connectivity index (χ4v) is 5.93. The van der Waals surface area contributed by atoms with E-state index in [9.17, 15) is 14.7 Å². The van der Waals surface area contributed by atoms with Crippen molar-refractivity contribution in [3.05, 3.63) is 29.8 Å². The zero-order valence-electron chi connectivity index (χ0n) is 29.5. The van der Waals surface area contributed by atoms with Crippen LogP contribution in [-0.4, -0.2) is 42.1 Å². The molecule has 0 fully saturated rings. The van der Waals surface area contributed by atoms with Crippen molar-refractivity contribution >= 4 is 11.9 Å². The molecule has 0 aromatic heterocycles. The predicted molar refractivity (Wildman–Crippen MR) is 192 cm³/mol. The molecule has 0 aliphatic carbocycles. The predicted octanol–water partition coefficient (Wildman–Crippen LogP) is 10.8. The first-order valence-electron chi connectivity index (χ1n) is 19.1. The van der Waals surface area contributed by atoms with Gasteiger partial charge >= 0.3 is 6.03 Å². The standard InChI is InChI=1S/C39H71N3O3/c1-3-4-5-6-7-8-9-10-11-12-13-14-17-20-23-26-33-40-39(45)41-34-27-24-21-18-15-16-19-22-25-28-38(44)42(2)35-36-29-31-37(43)32-30-36/h29-32,43H,3-28,33-35H2,1-2H3,(H2,40,41,45). The van der Waals surface area contributed by atoms with Crippen molar-refractivity contribution in [2.24, 2.45) is 0 Å².